The van der Waals surface area contributed by atoms with Gasteiger partial charge in [0, 0.05) is 6.07 Å². The first-order valence-corrected chi connectivity index (χ1v) is 8.63. The van der Waals surface area contributed by atoms with Crippen LogP contribution >= 0.6 is 0 Å². The standard InChI is InChI=1S/C23H16O5/c1-26-17-9-7-15(8-10-17)13-21-22(24)19-12-11-18(14-20(19)28-21)27-23(25)16-5-3-2-4-6-16/h2-14H,1H3/b21-13-. The Labute approximate surface area is 161 Å². The first-order chi connectivity index (χ1) is 13.6. The van der Waals surface area contributed by atoms with E-state index in [4.69, 9.17) is 14.2 Å². The zero-order chi connectivity index (χ0) is 19.5. The molecule has 5 nitrogen and oxygen atoms in total. The molecular weight excluding hydrogens is 356 g/mol. The van der Waals surface area contributed by atoms with Crippen molar-refractivity contribution >= 4 is 17.8 Å². The van der Waals surface area contributed by atoms with Gasteiger partial charge in [0.1, 0.15) is 17.2 Å². The Bertz CT molecular complexity index is 1070. The van der Waals surface area contributed by atoms with E-state index in [9.17, 15) is 9.59 Å². The molecule has 1 aliphatic heterocycles. The van der Waals surface area contributed by atoms with Crippen LogP contribution in [0.25, 0.3) is 6.08 Å². The molecule has 0 radical (unpaired) electrons. The van der Waals surface area contributed by atoms with Crippen LogP contribution in [0, 0.1) is 0 Å². The maximum Gasteiger partial charge on any atom is 0.343 e. The molecule has 0 fully saturated rings. The third-order valence-corrected chi connectivity index (χ3v) is 4.28. The molecule has 0 saturated heterocycles. The fourth-order valence-electron chi connectivity index (χ4n) is 2.82. The van der Waals surface area contributed by atoms with Crippen molar-refractivity contribution in [2.45, 2.75) is 0 Å². The number of ether oxygens (including phenoxy) is 3. The van der Waals surface area contributed by atoms with E-state index in [0.717, 1.165) is 11.3 Å². The molecule has 4 rings (SSSR count). The summed E-state index contributed by atoms with van der Waals surface area (Å²) < 4.78 is 16.2. The summed E-state index contributed by atoms with van der Waals surface area (Å²) in [6.07, 6.45) is 1.66. The molecule has 0 unspecified atom stereocenters. The van der Waals surface area contributed by atoms with E-state index in [2.05, 4.69) is 0 Å². The molecule has 0 aromatic heterocycles. The summed E-state index contributed by atoms with van der Waals surface area (Å²) in [4.78, 5) is 24.7. The van der Waals surface area contributed by atoms with Gasteiger partial charge in [0.05, 0.1) is 18.2 Å². The fourth-order valence-corrected chi connectivity index (χ4v) is 2.82. The van der Waals surface area contributed by atoms with Gasteiger partial charge in [0.15, 0.2) is 5.76 Å². The third kappa shape index (κ3) is 3.50. The van der Waals surface area contributed by atoms with Crippen LogP contribution < -0.4 is 14.2 Å². The lowest BCUT2D eigenvalue weighted by atomic mass is 10.1. The fraction of sp³-hybridized carbons (Fsp3) is 0.0435. The van der Waals surface area contributed by atoms with Crippen LogP contribution in [0.3, 0.4) is 0 Å². The monoisotopic (exact) mass is 372 g/mol. The third-order valence-electron chi connectivity index (χ3n) is 4.28. The minimum Gasteiger partial charge on any atom is -0.497 e. The van der Waals surface area contributed by atoms with Crippen molar-refractivity contribution in [1.82, 2.24) is 0 Å². The number of fused-ring (bicyclic) bond motifs is 1. The summed E-state index contributed by atoms with van der Waals surface area (Å²) in [5.41, 5.74) is 1.69. The van der Waals surface area contributed by atoms with E-state index >= 15 is 0 Å². The van der Waals surface area contributed by atoms with Gasteiger partial charge in [-0.3, -0.25) is 4.79 Å². The number of Topliss-reactive ketones (excluding diaryl/α,β-unsaturated/α-hetero) is 1. The molecule has 0 spiro atoms. The van der Waals surface area contributed by atoms with Gasteiger partial charge in [-0.25, -0.2) is 4.79 Å². The Morgan fingerprint density at radius 1 is 0.929 bits per heavy atom. The Hall–Kier alpha value is -3.86. The molecule has 0 amide bonds. The maximum absolute atomic E-state index is 12.6. The molecule has 0 aliphatic carbocycles. The van der Waals surface area contributed by atoms with Crippen molar-refractivity contribution < 1.29 is 23.8 Å². The average molecular weight is 372 g/mol. The summed E-state index contributed by atoms with van der Waals surface area (Å²) >= 11 is 0. The maximum atomic E-state index is 12.6. The molecule has 5 heteroatoms. The number of hydrogen-bond donors (Lipinski definition) is 0. The van der Waals surface area contributed by atoms with Gasteiger partial charge in [0.25, 0.3) is 0 Å². The number of carbonyl (C=O) groups excluding carboxylic acids is 2. The lowest BCUT2D eigenvalue weighted by Gasteiger charge is -2.05. The highest BCUT2D eigenvalue weighted by atomic mass is 16.5. The Morgan fingerprint density at radius 2 is 1.64 bits per heavy atom. The van der Waals surface area contributed by atoms with Gasteiger partial charge < -0.3 is 14.2 Å². The topological polar surface area (TPSA) is 61.8 Å². The first kappa shape index (κ1) is 17.5. The molecule has 28 heavy (non-hydrogen) atoms. The number of methoxy groups -OCH3 is 1. The van der Waals surface area contributed by atoms with Gasteiger partial charge in [-0.15, -0.1) is 0 Å². The van der Waals surface area contributed by atoms with Crippen molar-refractivity contribution in [2.75, 3.05) is 7.11 Å². The van der Waals surface area contributed by atoms with Crippen LogP contribution in [0.4, 0.5) is 0 Å². The summed E-state index contributed by atoms with van der Waals surface area (Å²) in [5.74, 6) is 0.931. The summed E-state index contributed by atoms with van der Waals surface area (Å²) in [6, 6.07) is 20.7. The van der Waals surface area contributed by atoms with Crippen molar-refractivity contribution in [3.05, 3.63) is 95.2 Å². The minimum absolute atomic E-state index is 0.215. The molecule has 0 bridgehead atoms. The van der Waals surface area contributed by atoms with Crippen molar-refractivity contribution in [3.63, 3.8) is 0 Å². The summed E-state index contributed by atoms with van der Waals surface area (Å²) in [7, 11) is 1.59. The van der Waals surface area contributed by atoms with Crippen LogP contribution in [0.2, 0.25) is 0 Å². The Kier molecular flexibility index (Phi) is 4.64. The highest BCUT2D eigenvalue weighted by Crippen LogP contribution is 2.35. The number of carbonyl (C=O) groups is 2. The van der Waals surface area contributed by atoms with Crippen molar-refractivity contribution in [1.29, 1.82) is 0 Å². The minimum atomic E-state index is -0.473. The lowest BCUT2D eigenvalue weighted by molar-refractivity contribution is 0.0734. The number of benzene rings is 3. The van der Waals surface area contributed by atoms with Crippen LogP contribution in [0.1, 0.15) is 26.3 Å². The van der Waals surface area contributed by atoms with E-state index in [1.165, 1.54) is 0 Å². The van der Waals surface area contributed by atoms with Crippen molar-refractivity contribution in [2.24, 2.45) is 0 Å². The second-order valence-corrected chi connectivity index (χ2v) is 6.13. The zero-order valence-corrected chi connectivity index (χ0v) is 15.0. The molecule has 3 aromatic rings. The normalized spacial score (nSPS) is 13.8. The molecule has 3 aromatic carbocycles. The predicted octanol–water partition coefficient (Wildman–Crippen LogP) is 4.53. The first-order valence-electron chi connectivity index (χ1n) is 8.63. The van der Waals surface area contributed by atoms with Gasteiger partial charge in [-0.2, -0.15) is 0 Å². The van der Waals surface area contributed by atoms with Gasteiger partial charge in [0.2, 0.25) is 5.78 Å². The number of esters is 1. The number of allylic oxidation sites excluding steroid dienone is 1. The van der Waals surface area contributed by atoms with Crippen LogP contribution in [0.5, 0.6) is 17.2 Å². The quantitative estimate of drug-likeness (QED) is 0.382. The smallest absolute Gasteiger partial charge is 0.343 e. The van der Waals surface area contributed by atoms with Gasteiger partial charge >= 0.3 is 5.97 Å². The average Bonchev–Trinajstić information content (AvgIpc) is 3.04. The molecular formula is C23H16O5. The predicted molar refractivity (Wildman–Crippen MR) is 104 cm³/mol. The summed E-state index contributed by atoms with van der Waals surface area (Å²) in [6.45, 7) is 0. The molecule has 1 heterocycles. The molecule has 138 valence electrons. The lowest BCUT2D eigenvalue weighted by Crippen LogP contribution is -2.08. The molecule has 0 saturated carbocycles. The second kappa shape index (κ2) is 7.40. The van der Waals surface area contributed by atoms with Crippen LogP contribution in [-0.2, 0) is 0 Å². The Morgan fingerprint density at radius 3 is 2.36 bits per heavy atom. The zero-order valence-electron chi connectivity index (χ0n) is 15.0. The summed E-state index contributed by atoms with van der Waals surface area (Å²) in [5, 5.41) is 0. The number of hydrogen-bond acceptors (Lipinski definition) is 5. The van der Waals surface area contributed by atoms with Crippen LogP contribution in [0.15, 0.2) is 78.6 Å². The largest absolute Gasteiger partial charge is 0.497 e. The van der Waals surface area contributed by atoms with Crippen LogP contribution in [-0.4, -0.2) is 18.9 Å². The van der Waals surface area contributed by atoms with E-state index in [0.29, 0.717) is 22.6 Å². The van der Waals surface area contributed by atoms with E-state index in [1.54, 1.807) is 67.8 Å². The number of rotatable bonds is 4. The highest BCUT2D eigenvalue weighted by Gasteiger charge is 2.28. The highest BCUT2D eigenvalue weighted by molar-refractivity contribution is 6.14. The van der Waals surface area contributed by atoms with Gasteiger partial charge in [-0.1, -0.05) is 30.3 Å². The molecule has 0 N–H and O–H groups in total. The van der Waals surface area contributed by atoms with E-state index < -0.39 is 5.97 Å². The van der Waals surface area contributed by atoms with E-state index in [-0.39, 0.29) is 11.5 Å². The Balaban J connectivity index is 1.54. The van der Waals surface area contributed by atoms with E-state index in [1.807, 2.05) is 18.2 Å². The van der Waals surface area contributed by atoms with Gasteiger partial charge in [-0.05, 0) is 48.0 Å². The second-order valence-electron chi connectivity index (χ2n) is 6.13. The molecule has 1 aliphatic rings. The van der Waals surface area contributed by atoms with Crippen molar-refractivity contribution in [3.8, 4) is 17.2 Å². The number of ketones is 1. The SMILES string of the molecule is COc1ccc(/C=C2\Oc3cc(OC(=O)c4ccccc4)ccc3C2=O)cc1. The molecule has 0 atom stereocenters.